The lowest BCUT2D eigenvalue weighted by Crippen LogP contribution is -3.19. The molecular weight excluding hydrogens is 332 g/mol. The number of benzene rings is 1. The highest BCUT2D eigenvalue weighted by atomic mass is 16.5. The average Bonchev–Trinajstić information content (AvgIpc) is 2.59. The van der Waals surface area contributed by atoms with E-state index in [1.165, 1.54) is 4.90 Å². The van der Waals surface area contributed by atoms with Crippen LogP contribution in [0, 0.1) is 0 Å². The fourth-order valence-electron chi connectivity index (χ4n) is 3.14. The van der Waals surface area contributed by atoms with Crippen LogP contribution in [0.1, 0.15) is 27.7 Å². The van der Waals surface area contributed by atoms with Crippen molar-refractivity contribution in [1.82, 2.24) is 10.6 Å². The normalized spacial score (nSPS) is 16.7. The third-order valence-corrected chi connectivity index (χ3v) is 4.56. The molecule has 1 fully saturated rings. The van der Waals surface area contributed by atoms with E-state index < -0.39 is 6.03 Å². The van der Waals surface area contributed by atoms with Gasteiger partial charge in [-0.3, -0.25) is 10.1 Å². The predicted octanol–water partition coefficient (Wildman–Crippen LogP) is 0.413. The van der Waals surface area contributed by atoms with Crippen LogP contribution in [-0.2, 0) is 4.79 Å². The molecule has 3 N–H and O–H groups in total. The van der Waals surface area contributed by atoms with Gasteiger partial charge in [-0.1, -0.05) is 12.1 Å². The van der Waals surface area contributed by atoms with Crippen molar-refractivity contribution in [2.75, 3.05) is 38.2 Å². The Labute approximate surface area is 155 Å². The minimum atomic E-state index is -0.443. The van der Waals surface area contributed by atoms with Crippen molar-refractivity contribution in [1.29, 1.82) is 0 Å². The van der Waals surface area contributed by atoms with Crippen molar-refractivity contribution in [3.8, 4) is 5.75 Å². The molecule has 1 aromatic carbocycles. The summed E-state index contributed by atoms with van der Waals surface area (Å²) >= 11 is 0. The number of methoxy groups -OCH3 is 1. The number of carbonyl (C=O) groups excluding carboxylic acids is 2. The van der Waals surface area contributed by atoms with Crippen LogP contribution in [0.2, 0.25) is 0 Å². The summed E-state index contributed by atoms with van der Waals surface area (Å²) in [6.07, 6.45) is 0. The number of carbonyl (C=O) groups is 2. The number of amides is 3. The Hall–Kier alpha value is -2.28. The lowest BCUT2D eigenvalue weighted by Gasteiger charge is -2.36. The molecule has 0 aromatic heterocycles. The third kappa shape index (κ3) is 5.36. The molecule has 0 radical (unpaired) electrons. The smallest absolute Gasteiger partial charge is 0.322 e. The summed E-state index contributed by atoms with van der Waals surface area (Å²) in [5.74, 6) is 0.619. The van der Waals surface area contributed by atoms with Gasteiger partial charge in [0.25, 0.3) is 5.91 Å². The maximum Gasteiger partial charge on any atom is 0.322 e. The van der Waals surface area contributed by atoms with Crippen LogP contribution in [0.4, 0.5) is 10.5 Å². The van der Waals surface area contributed by atoms with Crippen LogP contribution in [0.3, 0.4) is 0 Å². The topological polar surface area (TPSA) is 75.1 Å². The summed E-state index contributed by atoms with van der Waals surface area (Å²) in [5.41, 5.74) is 0.705. The molecule has 1 heterocycles. The van der Waals surface area contributed by atoms with E-state index in [2.05, 4.69) is 21.6 Å². The van der Waals surface area contributed by atoms with Crippen molar-refractivity contribution in [3.05, 3.63) is 24.3 Å². The Morgan fingerprint density at radius 3 is 2.38 bits per heavy atom. The van der Waals surface area contributed by atoms with Gasteiger partial charge in [0, 0.05) is 5.54 Å². The van der Waals surface area contributed by atoms with Crippen LogP contribution in [0.5, 0.6) is 5.75 Å². The number of anilines is 1. The molecule has 1 saturated heterocycles. The van der Waals surface area contributed by atoms with Crippen molar-refractivity contribution in [2.45, 2.75) is 39.3 Å². The number of piperazine rings is 1. The second kappa shape index (κ2) is 8.40. The van der Waals surface area contributed by atoms with Crippen molar-refractivity contribution in [2.24, 2.45) is 0 Å². The first-order valence-electron chi connectivity index (χ1n) is 9.07. The average molecular weight is 363 g/mol. The van der Waals surface area contributed by atoms with Gasteiger partial charge >= 0.3 is 6.03 Å². The SMILES string of the molecule is COc1ccccc1N1CC[NH+]([C@@H](C)C(=O)NC(=O)NC(C)(C)C)CC1. The van der Waals surface area contributed by atoms with Gasteiger partial charge < -0.3 is 19.9 Å². The molecule has 26 heavy (non-hydrogen) atoms. The zero-order chi connectivity index (χ0) is 19.3. The summed E-state index contributed by atoms with van der Waals surface area (Å²) in [4.78, 5) is 27.7. The number of nitrogens with zero attached hydrogens (tertiary/aromatic N) is 1. The van der Waals surface area contributed by atoms with E-state index in [4.69, 9.17) is 4.74 Å². The number of rotatable bonds is 4. The maximum absolute atomic E-state index is 12.4. The van der Waals surface area contributed by atoms with Crippen molar-refractivity contribution < 1.29 is 19.2 Å². The van der Waals surface area contributed by atoms with Gasteiger partial charge in [0.05, 0.1) is 39.0 Å². The zero-order valence-corrected chi connectivity index (χ0v) is 16.4. The van der Waals surface area contributed by atoms with Gasteiger partial charge in [0.15, 0.2) is 6.04 Å². The Bertz CT molecular complexity index is 634. The fraction of sp³-hybridized carbons (Fsp3) is 0.579. The van der Waals surface area contributed by atoms with Crippen LogP contribution >= 0.6 is 0 Å². The fourth-order valence-corrected chi connectivity index (χ4v) is 3.14. The number of urea groups is 1. The molecule has 0 aliphatic carbocycles. The monoisotopic (exact) mass is 363 g/mol. The number of imide groups is 1. The molecular formula is C19H31N4O3+. The molecule has 0 spiro atoms. The number of hydrogen-bond donors (Lipinski definition) is 3. The summed E-state index contributed by atoms with van der Waals surface area (Å²) in [6, 6.07) is 7.25. The summed E-state index contributed by atoms with van der Waals surface area (Å²) in [7, 11) is 1.68. The van der Waals surface area contributed by atoms with Gasteiger partial charge in [0.2, 0.25) is 0 Å². The number of ether oxygens (including phenoxy) is 1. The van der Waals surface area contributed by atoms with Gasteiger partial charge in [-0.25, -0.2) is 4.79 Å². The van der Waals surface area contributed by atoms with Crippen LogP contribution < -0.4 is 25.2 Å². The van der Waals surface area contributed by atoms with Gasteiger partial charge in [-0.2, -0.15) is 0 Å². The highest BCUT2D eigenvalue weighted by molar-refractivity contribution is 5.96. The molecule has 7 heteroatoms. The lowest BCUT2D eigenvalue weighted by molar-refractivity contribution is -0.914. The molecule has 3 amide bonds. The Morgan fingerprint density at radius 2 is 1.81 bits per heavy atom. The first kappa shape index (κ1) is 20.0. The van der Waals surface area contributed by atoms with Crippen LogP contribution in [0.15, 0.2) is 24.3 Å². The van der Waals surface area contributed by atoms with Crippen molar-refractivity contribution >= 4 is 17.6 Å². The first-order valence-corrected chi connectivity index (χ1v) is 9.07. The molecule has 1 aliphatic rings. The minimum absolute atomic E-state index is 0.243. The molecule has 0 unspecified atom stereocenters. The number of para-hydroxylation sites is 2. The Kier molecular flexibility index (Phi) is 6.47. The highest BCUT2D eigenvalue weighted by Crippen LogP contribution is 2.27. The molecule has 144 valence electrons. The van der Waals surface area contributed by atoms with E-state index in [1.807, 2.05) is 45.9 Å². The summed E-state index contributed by atoms with van der Waals surface area (Å²) in [5, 5.41) is 5.20. The molecule has 1 atom stereocenters. The quantitative estimate of drug-likeness (QED) is 0.725. The van der Waals surface area contributed by atoms with E-state index in [1.54, 1.807) is 7.11 Å². The van der Waals surface area contributed by atoms with Gasteiger partial charge in [-0.15, -0.1) is 0 Å². The zero-order valence-electron chi connectivity index (χ0n) is 16.4. The molecule has 2 rings (SSSR count). The standard InChI is InChI=1S/C19H30N4O3/c1-14(17(24)20-18(25)21-19(2,3)4)22-10-12-23(13-11-22)15-8-6-7-9-16(15)26-5/h6-9,14H,10-13H2,1-5H3,(H2,20,21,24,25)/p+1/t14-/m0/s1. The molecule has 7 nitrogen and oxygen atoms in total. The predicted molar refractivity (Wildman–Crippen MR) is 102 cm³/mol. The van der Waals surface area contributed by atoms with E-state index in [0.717, 1.165) is 37.6 Å². The molecule has 0 saturated carbocycles. The number of nitrogens with one attached hydrogen (secondary N) is 3. The Balaban J connectivity index is 1.88. The minimum Gasteiger partial charge on any atom is -0.495 e. The Morgan fingerprint density at radius 1 is 1.19 bits per heavy atom. The second-order valence-corrected chi connectivity index (χ2v) is 7.73. The lowest BCUT2D eigenvalue weighted by atomic mass is 10.1. The summed E-state index contributed by atoms with van der Waals surface area (Å²) in [6.45, 7) is 10.8. The van der Waals surface area contributed by atoms with Gasteiger partial charge in [-0.05, 0) is 39.8 Å². The van der Waals surface area contributed by atoms with E-state index in [-0.39, 0.29) is 17.5 Å². The molecule has 1 aliphatic heterocycles. The number of quaternary nitrogens is 1. The van der Waals surface area contributed by atoms with Gasteiger partial charge in [0.1, 0.15) is 5.75 Å². The summed E-state index contributed by atoms with van der Waals surface area (Å²) < 4.78 is 5.44. The molecule has 0 bridgehead atoms. The second-order valence-electron chi connectivity index (χ2n) is 7.73. The first-order chi connectivity index (χ1) is 12.2. The third-order valence-electron chi connectivity index (χ3n) is 4.56. The van der Waals surface area contributed by atoms with Crippen LogP contribution in [-0.4, -0.2) is 56.8 Å². The maximum atomic E-state index is 12.4. The highest BCUT2D eigenvalue weighted by Gasteiger charge is 2.31. The van der Waals surface area contributed by atoms with Crippen molar-refractivity contribution in [3.63, 3.8) is 0 Å². The largest absolute Gasteiger partial charge is 0.495 e. The van der Waals surface area contributed by atoms with Crippen LogP contribution in [0.25, 0.3) is 0 Å². The molecule has 1 aromatic rings. The number of hydrogen-bond acceptors (Lipinski definition) is 4. The van der Waals surface area contributed by atoms with E-state index >= 15 is 0 Å². The van der Waals surface area contributed by atoms with E-state index in [9.17, 15) is 9.59 Å². The van der Waals surface area contributed by atoms with E-state index in [0.29, 0.717) is 0 Å².